The van der Waals surface area contributed by atoms with Crippen molar-refractivity contribution in [3.05, 3.63) is 28.5 Å². The number of rotatable bonds is 3. The van der Waals surface area contributed by atoms with Gasteiger partial charge >= 0.3 is 5.97 Å². The molecule has 6 nitrogen and oxygen atoms in total. The summed E-state index contributed by atoms with van der Waals surface area (Å²) in [5.74, 6) is -1.38. The Labute approximate surface area is 116 Å². The Kier molecular flexibility index (Phi) is 3.36. The minimum absolute atomic E-state index is 0.179. The van der Waals surface area contributed by atoms with E-state index < -0.39 is 17.3 Å². The van der Waals surface area contributed by atoms with E-state index in [1.165, 1.54) is 26.0 Å². The number of aromatic nitrogens is 4. The zero-order chi connectivity index (χ0) is 14.2. The lowest BCUT2D eigenvalue weighted by Gasteiger charge is -2.20. The highest BCUT2D eigenvalue weighted by Gasteiger charge is 2.34. The number of hydrogen-bond donors (Lipinski definition) is 1. The van der Waals surface area contributed by atoms with Crippen LogP contribution in [0.2, 0.25) is 0 Å². The van der Waals surface area contributed by atoms with Crippen molar-refractivity contribution in [2.75, 3.05) is 0 Å². The predicted molar refractivity (Wildman–Crippen MR) is 67.9 cm³/mol. The lowest BCUT2D eigenvalue weighted by atomic mass is 10.1. The second-order valence-corrected chi connectivity index (χ2v) is 5.17. The molecular weight excluding hydrogens is 319 g/mol. The lowest BCUT2D eigenvalue weighted by Crippen LogP contribution is -2.37. The van der Waals surface area contributed by atoms with Crippen LogP contribution in [0.3, 0.4) is 0 Å². The third kappa shape index (κ3) is 2.23. The predicted octanol–water partition coefficient (Wildman–Crippen LogP) is 2.06. The van der Waals surface area contributed by atoms with Crippen molar-refractivity contribution in [2.45, 2.75) is 19.4 Å². The average molecular weight is 329 g/mol. The van der Waals surface area contributed by atoms with Crippen LogP contribution in [-0.2, 0) is 10.3 Å². The van der Waals surface area contributed by atoms with Gasteiger partial charge in [-0.15, -0.1) is 5.10 Å². The van der Waals surface area contributed by atoms with Crippen LogP contribution in [-0.4, -0.2) is 31.3 Å². The van der Waals surface area contributed by atoms with E-state index >= 15 is 0 Å². The maximum absolute atomic E-state index is 13.5. The highest BCUT2D eigenvalue weighted by molar-refractivity contribution is 9.10. The smallest absolute Gasteiger partial charge is 0.331 e. The van der Waals surface area contributed by atoms with Crippen molar-refractivity contribution >= 4 is 21.9 Å². The molecule has 0 aliphatic carbocycles. The second-order valence-electron chi connectivity index (χ2n) is 4.38. The fourth-order valence-corrected chi connectivity index (χ4v) is 1.94. The fraction of sp³-hybridized carbons (Fsp3) is 0.273. The van der Waals surface area contributed by atoms with Crippen molar-refractivity contribution in [2.24, 2.45) is 0 Å². The van der Waals surface area contributed by atoms with Crippen molar-refractivity contribution in [1.29, 1.82) is 0 Å². The number of aliphatic carboxylic acids is 1. The fourth-order valence-electron chi connectivity index (χ4n) is 1.50. The summed E-state index contributed by atoms with van der Waals surface area (Å²) in [7, 11) is 0. The van der Waals surface area contributed by atoms with E-state index in [0.717, 1.165) is 4.68 Å². The monoisotopic (exact) mass is 328 g/mol. The molecule has 100 valence electrons. The van der Waals surface area contributed by atoms with Crippen molar-refractivity contribution < 1.29 is 14.3 Å². The average Bonchev–Trinajstić information content (AvgIpc) is 2.82. The summed E-state index contributed by atoms with van der Waals surface area (Å²) in [5.41, 5.74) is -0.954. The summed E-state index contributed by atoms with van der Waals surface area (Å²) in [6.45, 7) is 2.92. The molecule has 1 aromatic heterocycles. The Morgan fingerprint density at radius 1 is 1.47 bits per heavy atom. The van der Waals surface area contributed by atoms with Gasteiger partial charge in [-0.2, -0.15) is 0 Å². The molecule has 1 heterocycles. The van der Waals surface area contributed by atoms with Gasteiger partial charge in [-0.05, 0) is 52.3 Å². The van der Waals surface area contributed by atoms with Gasteiger partial charge in [-0.3, -0.25) is 0 Å². The number of tetrazole rings is 1. The van der Waals surface area contributed by atoms with Crippen molar-refractivity contribution in [3.63, 3.8) is 0 Å². The Morgan fingerprint density at radius 2 is 2.16 bits per heavy atom. The van der Waals surface area contributed by atoms with Gasteiger partial charge in [0.1, 0.15) is 5.82 Å². The van der Waals surface area contributed by atoms with Crippen LogP contribution < -0.4 is 0 Å². The number of hydrogen-bond acceptors (Lipinski definition) is 4. The molecule has 0 saturated heterocycles. The molecule has 0 saturated carbocycles. The zero-order valence-electron chi connectivity index (χ0n) is 10.1. The van der Waals surface area contributed by atoms with Crippen molar-refractivity contribution in [3.8, 4) is 11.4 Å². The standard InChI is InChI=1S/C11H10BrFN4O2/c1-11(2,10(18)19)17-9(14-15-16-17)6-4-3-5-7(13)8(6)12/h3-5H,1-2H3,(H,18,19). The van der Waals surface area contributed by atoms with Gasteiger partial charge in [0.2, 0.25) is 0 Å². The van der Waals surface area contributed by atoms with E-state index in [4.69, 9.17) is 0 Å². The SMILES string of the molecule is CC(C)(C(=O)O)n1nnnc1-c1cccc(F)c1Br. The Morgan fingerprint density at radius 3 is 2.79 bits per heavy atom. The molecule has 2 rings (SSSR count). The highest BCUT2D eigenvalue weighted by atomic mass is 79.9. The summed E-state index contributed by atoms with van der Waals surface area (Å²) >= 11 is 3.11. The number of carboxylic acids is 1. The molecule has 0 bridgehead atoms. The Bertz CT molecular complexity index is 641. The van der Waals surface area contributed by atoms with Crippen LogP contribution in [0.1, 0.15) is 13.8 Å². The van der Waals surface area contributed by atoms with Crippen LogP contribution in [0.5, 0.6) is 0 Å². The maximum Gasteiger partial charge on any atom is 0.331 e. The minimum atomic E-state index is -1.34. The summed E-state index contributed by atoms with van der Waals surface area (Å²) in [5, 5.41) is 20.1. The number of benzene rings is 1. The van der Waals surface area contributed by atoms with E-state index in [2.05, 4.69) is 31.5 Å². The summed E-state index contributed by atoms with van der Waals surface area (Å²) in [6, 6.07) is 4.39. The van der Waals surface area contributed by atoms with Crippen LogP contribution in [0.4, 0.5) is 4.39 Å². The van der Waals surface area contributed by atoms with Gasteiger partial charge in [0, 0.05) is 5.56 Å². The Hall–Kier alpha value is -1.83. The molecule has 19 heavy (non-hydrogen) atoms. The van der Waals surface area contributed by atoms with Gasteiger partial charge < -0.3 is 5.11 Å². The largest absolute Gasteiger partial charge is 0.479 e. The van der Waals surface area contributed by atoms with E-state index in [1.54, 1.807) is 6.07 Å². The molecule has 0 fully saturated rings. The van der Waals surface area contributed by atoms with E-state index in [-0.39, 0.29) is 10.3 Å². The minimum Gasteiger partial charge on any atom is -0.479 e. The van der Waals surface area contributed by atoms with E-state index in [1.807, 2.05) is 0 Å². The van der Waals surface area contributed by atoms with Crippen molar-refractivity contribution in [1.82, 2.24) is 20.2 Å². The Balaban J connectivity index is 2.63. The number of nitrogens with zero attached hydrogens (tertiary/aromatic N) is 4. The van der Waals surface area contributed by atoms with Crippen LogP contribution in [0.25, 0.3) is 11.4 Å². The van der Waals surface area contributed by atoms with Crippen LogP contribution in [0.15, 0.2) is 22.7 Å². The van der Waals surface area contributed by atoms with Crippen LogP contribution in [0, 0.1) is 5.82 Å². The molecule has 0 radical (unpaired) electrons. The molecule has 0 spiro atoms. The molecule has 1 N–H and O–H groups in total. The summed E-state index contributed by atoms with van der Waals surface area (Å²) < 4.78 is 14.9. The molecule has 1 aromatic carbocycles. The number of carboxylic acid groups (broad SMARTS) is 1. The highest BCUT2D eigenvalue weighted by Crippen LogP contribution is 2.30. The van der Waals surface area contributed by atoms with E-state index in [0.29, 0.717) is 5.56 Å². The molecular formula is C11H10BrFN4O2. The van der Waals surface area contributed by atoms with Gasteiger partial charge in [0.25, 0.3) is 0 Å². The van der Waals surface area contributed by atoms with Gasteiger partial charge in [0.15, 0.2) is 11.4 Å². The summed E-state index contributed by atoms with van der Waals surface area (Å²) in [4.78, 5) is 11.3. The molecule has 8 heteroatoms. The zero-order valence-corrected chi connectivity index (χ0v) is 11.7. The normalized spacial score (nSPS) is 11.6. The second kappa shape index (κ2) is 4.69. The number of halogens is 2. The number of carbonyl (C=O) groups is 1. The van der Waals surface area contributed by atoms with Gasteiger partial charge in [-0.25, -0.2) is 13.9 Å². The first kappa shape index (κ1) is 13.6. The molecule has 0 aliphatic rings. The molecule has 0 amide bonds. The van der Waals surface area contributed by atoms with Crippen LogP contribution >= 0.6 is 15.9 Å². The quantitative estimate of drug-likeness (QED) is 0.932. The lowest BCUT2D eigenvalue weighted by molar-refractivity contribution is -0.146. The maximum atomic E-state index is 13.5. The van der Waals surface area contributed by atoms with Gasteiger partial charge in [0.05, 0.1) is 4.47 Å². The molecule has 0 unspecified atom stereocenters. The van der Waals surface area contributed by atoms with E-state index in [9.17, 15) is 14.3 Å². The first-order valence-corrected chi connectivity index (χ1v) is 6.11. The summed E-state index contributed by atoms with van der Waals surface area (Å²) in [6.07, 6.45) is 0. The first-order chi connectivity index (χ1) is 8.85. The molecule has 0 aliphatic heterocycles. The molecule has 2 aromatic rings. The first-order valence-electron chi connectivity index (χ1n) is 5.32. The third-order valence-corrected chi connectivity index (χ3v) is 3.52. The molecule has 0 atom stereocenters. The topological polar surface area (TPSA) is 80.9 Å². The van der Waals surface area contributed by atoms with Gasteiger partial charge in [-0.1, -0.05) is 6.07 Å². The third-order valence-electron chi connectivity index (χ3n) is 2.71.